The Kier molecular flexibility index (Phi) is 4.65. The quantitative estimate of drug-likeness (QED) is 0.523. The Labute approximate surface area is 154 Å². The van der Waals surface area contributed by atoms with Crippen LogP contribution in [0.15, 0.2) is 33.7 Å². The van der Waals surface area contributed by atoms with Crippen molar-refractivity contribution in [2.75, 3.05) is 7.11 Å². The van der Waals surface area contributed by atoms with Gasteiger partial charge in [0.15, 0.2) is 11.1 Å². The van der Waals surface area contributed by atoms with Gasteiger partial charge in [-0.1, -0.05) is 0 Å². The van der Waals surface area contributed by atoms with Gasteiger partial charge in [0.05, 0.1) is 37.8 Å². The van der Waals surface area contributed by atoms with E-state index in [0.29, 0.717) is 22.9 Å². The van der Waals surface area contributed by atoms with E-state index in [-0.39, 0.29) is 22.8 Å². The van der Waals surface area contributed by atoms with Gasteiger partial charge in [-0.15, -0.1) is 0 Å². The third-order valence-corrected chi connectivity index (χ3v) is 4.98. The lowest BCUT2D eigenvalue weighted by Crippen LogP contribution is -2.38. The van der Waals surface area contributed by atoms with Gasteiger partial charge in [-0.25, -0.2) is 4.57 Å². The number of carboxylic acid groups (broad SMARTS) is 1. The Morgan fingerprint density at radius 3 is 2.63 bits per heavy atom. The maximum absolute atomic E-state index is 13.1. The van der Waals surface area contributed by atoms with Gasteiger partial charge in [-0.2, -0.15) is 0 Å². The number of benzene rings is 1. The number of nitrogens with zero attached hydrogens (tertiary/aromatic N) is 2. The number of rotatable bonds is 5. The molecular weight excluding hydrogens is 352 g/mol. The first-order valence-electron chi connectivity index (χ1n) is 8.34. The summed E-state index contributed by atoms with van der Waals surface area (Å²) < 4.78 is 13.3. The van der Waals surface area contributed by atoms with Gasteiger partial charge >= 0.3 is 11.8 Å². The highest BCUT2D eigenvalue weighted by Gasteiger charge is 2.36. The minimum atomic E-state index is -1.10. The Morgan fingerprint density at radius 1 is 1.37 bits per heavy atom. The molecule has 0 aliphatic rings. The molecule has 0 amide bonds. The Bertz CT molecular complexity index is 1070. The molecule has 0 saturated carbocycles. The SMILES string of the molecule is COc1ccc2occ([C@H](CC(=O)O)c3n(O)c(C)c(C)[n+]3C)c(=O)c2c1. The van der Waals surface area contributed by atoms with Crippen LogP contribution < -0.4 is 14.7 Å². The highest BCUT2D eigenvalue weighted by molar-refractivity contribution is 5.79. The number of carbonyl (C=O) groups is 1. The van der Waals surface area contributed by atoms with E-state index in [1.165, 1.54) is 13.4 Å². The van der Waals surface area contributed by atoms with Crippen LogP contribution in [0.3, 0.4) is 0 Å². The molecule has 1 atom stereocenters. The second kappa shape index (κ2) is 6.79. The zero-order valence-corrected chi connectivity index (χ0v) is 15.5. The molecule has 0 radical (unpaired) electrons. The zero-order valence-electron chi connectivity index (χ0n) is 15.5. The Hall–Kier alpha value is -3.29. The lowest BCUT2D eigenvalue weighted by molar-refractivity contribution is -0.686. The second-order valence-electron chi connectivity index (χ2n) is 6.43. The van der Waals surface area contributed by atoms with Crippen molar-refractivity contribution in [1.29, 1.82) is 0 Å². The predicted octanol–water partition coefficient (Wildman–Crippen LogP) is 1.89. The molecule has 8 nitrogen and oxygen atoms in total. The summed E-state index contributed by atoms with van der Waals surface area (Å²) in [6.07, 6.45) is 0.889. The molecule has 2 heterocycles. The summed E-state index contributed by atoms with van der Waals surface area (Å²) >= 11 is 0. The molecular formula is C19H21N2O6+. The van der Waals surface area contributed by atoms with Crippen molar-refractivity contribution < 1.29 is 28.8 Å². The Balaban J connectivity index is 2.29. The first-order chi connectivity index (χ1) is 12.8. The lowest BCUT2D eigenvalue weighted by atomic mass is 9.95. The number of hydrogen-bond acceptors (Lipinski definition) is 5. The highest BCUT2D eigenvalue weighted by atomic mass is 16.5. The average molecular weight is 373 g/mol. The van der Waals surface area contributed by atoms with E-state index in [0.717, 1.165) is 10.4 Å². The van der Waals surface area contributed by atoms with Crippen molar-refractivity contribution >= 4 is 16.9 Å². The fourth-order valence-corrected chi connectivity index (χ4v) is 3.27. The number of hydrogen-bond donors (Lipinski definition) is 2. The number of imidazole rings is 1. The van der Waals surface area contributed by atoms with E-state index in [4.69, 9.17) is 9.15 Å². The summed E-state index contributed by atoms with van der Waals surface area (Å²) in [4.78, 5) is 24.6. The largest absolute Gasteiger partial charge is 0.497 e. The van der Waals surface area contributed by atoms with Crippen LogP contribution in [0.25, 0.3) is 11.0 Å². The van der Waals surface area contributed by atoms with Crippen molar-refractivity contribution in [2.24, 2.45) is 7.05 Å². The van der Waals surface area contributed by atoms with E-state index in [9.17, 15) is 19.9 Å². The van der Waals surface area contributed by atoms with Crippen molar-refractivity contribution in [2.45, 2.75) is 26.2 Å². The van der Waals surface area contributed by atoms with Crippen LogP contribution in [0.2, 0.25) is 0 Å². The standard InChI is InChI=1S/C19H20N2O6/c1-10-11(2)21(25)19(20(10)3)13(8-17(22)23)15-9-27-16-6-5-12(26-4)7-14(16)18(15)24/h5-7,9,13H,8H2,1-4H3,(H-,22,23,25)/p+1/t13-/m0/s1. The fraction of sp³-hybridized carbons (Fsp3) is 0.316. The molecule has 0 spiro atoms. The summed E-state index contributed by atoms with van der Waals surface area (Å²) in [6, 6.07) is 4.84. The van der Waals surface area contributed by atoms with Crippen LogP contribution >= 0.6 is 0 Å². The molecule has 3 rings (SSSR count). The first kappa shape index (κ1) is 18.5. The third-order valence-electron chi connectivity index (χ3n) is 4.98. The normalized spacial score (nSPS) is 12.3. The average Bonchev–Trinajstić information content (AvgIpc) is 2.83. The van der Waals surface area contributed by atoms with Crippen molar-refractivity contribution in [3.63, 3.8) is 0 Å². The molecule has 0 aliphatic heterocycles. The third kappa shape index (κ3) is 3.03. The molecule has 0 saturated heterocycles. The van der Waals surface area contributed by atoms with Crippen LogP contribution in [0.1, 0.15) is 35.1 Å². The number of carboxylic acids is 1. The predicted molar refractivity (Wildman–Crippen MR) is 95.4 cm³/mol. The van der Waals surface area contributed by atoms with Gasteiger partial charge in [0.25, 0.3) is 0 Å². The number of fused-ring (bicyclic) bond motifs is 1. The van der Waals surface area contributed by atoms with Crippen LogP contribution in [0, 0.1) is 13.8 Å². The zero-order chi connectivity index (χ0) is 19.9. The summed E-state index contributed by atoms with van der Waals surface area (Å²) in [5, 5.41) is 20.2. The van der Waals surface area contributed by atoms with Crippen molar-refractivity contribution in [3.05, 3.63) is 57.5 Å². The number of aromatic nitrogens is 2. The second-order valence-corrected chi connectivity index (χ2v) is 6.43. The molecule has 142 valence electrons. The van der Waals surface area contributed by atoms with Gasteiger partial charge in [-0.3, -0.25) is 9.59 Å². The van der Waals surface area contributed by atoms with E-state index >= 15 is 0 Å². The fourth-order valence-electron chi connectivity index (χ4n) is 3.27. The molecule has 0 fully saturated rings. The number of methoxy groups -OCH3 is 1. The summed E-state index contributed by atoms with van der Waals surface area (Å²) in [7, 11) is 3.20. The highest BCUT2D eigenvalue weighted by Crippen LogP contribution is 2.28. The van der Waals surface area contributed by atoms with E-state index in [1.807, 2.05) is 0 Å². The van der Waals surface area contributed by atoms with Gasteiger partial charge < -0.3 is 19.5 Å². The molecule has 0 bridgehead atoms. The van der Waals surface area contributed by atoms with Gasteiger partial charge in [-0.05, 0) is 22.9 Å². The molecule has 8 heteroatoms. The maximum Gasteiger partial charge on any atom is 0.304 e. The maximum atomic E-state index is 13.1. The minimum absolute atomic E-state index is 0.154. The molecule has 2 aromatic heterocycles. The molecule has 3 aromatic rings. The smallest absolute Gasteiger partial charge is 0.304 e. The molecule has 2 N–H and O–H groups in total. The minimum Gasteiger partial charge on any atom is -0.497 e. The molecule has 27 heavy (non-hydrogen) atoms. The van der Waals surface area contributed by atoms with E-state index < -0.39 is 11.9 Å². The van der Waals surface area contributed by atoms with Gasteiger partial charge in [0.1, 0.15) is 22.9 Å². The molecule has 0 unspecified atom stereocenters. The first-order valence-corrected chi connectivity index (χ1v) is 8.34. The number of ether oxygens (including phenoxy) is 1. The van der Waals surface area contributed by atoms with Gasteiger partial charge in [0, 0.05) is 13.8 Å². The van der Waals surface area contributed by atoms with Crippen molar-refractivity contribution in [1.82, 2.24) is 4.73 Å². The van der Waals surface area contributed by atoms with Crippen LogP contribution in [0.4, 0.5) is 0 Å². The molecule has 0 aliphatic carbocycles. The van der Waals surface area contributed by atoms with E-state index in [1.54, 1.807) is 43.7 Å². The summed E-state index contributed by atoms with van der Waals surface area (Å²) in [5.41, 5.74) is 1.48. The van der Waals surface area contributed by atoms with Crippen LogP contribution in [-0.4, -0.2) is 28.1 Å². The van der Waals surface area contributed by atoms with Crippen LogP contribution in [-0.2, 0) is 11.8 Å². The summed E-state index contributed by atoms with van der Waals surface area (Å²) in [6.45, 7) is 3.52. The monoisotopic (exact) mass is 373 g/mol. The van der Waals surface area contributed by atoms with Crippen LogP contribution in [0.5, 0.6) is 5.75 Å². The van der Waals surface area contributed by atoms with E-state index in [2.05, 4.69) is 0 Å². The number of aliphatic carboxylic acids is 1. The summed E-state index contributed by atoms with van der Waals surface area (Å²) in [5.74, 6) is -1.20. The van der Waals surface area contributed by atoms with Crippen molar-refractivity contribution in [3.8, 4) is 5.75 Å². The van der Waals surface area contributed by atoms with Gasteiger partial charge in [0.2, 0.25) is 0 Å². The lowest BCUT2D eigenvalue weighted by Gasteiger charge is -2.12. The Morgan fingerprint density at radius 2 is 2.07 bits per heavy atom. The molecule has 1 aromatic carbocycles. The topological polar surface area (TPSA) is 106 Å².